The minimum atomic E-state index is -1.26. The van der Waals surface area contributed by atoms with Crippen molar-refractivity contribution in [1.29, 1.82) is 0 Å². The van der Waals surface area contributed by atoms with E-state index < -0.39 is 35.1 Å². The minimum Gasteiger partial charge on any atom is -0.481 e. The molecule has 0 fully saturated rings. The molecule has 2 amide bonds. The lowest BCUT2D eigenvalue weighted by Gasteiger charge is -2.08. The van der Waals surface area contributed by atoms with Gasteiger partial charge in [-0.25, -0.2) is 18.0 Å². The van der Waals surface area contributed by atoms with Gasteiger partial charge < -0.3 is 15.7 Å². The smallest absolute Gasteiger partial charge is 0.319 e. The van der Waals surface area contributed by atoms with Crippen LogP contribution in [-0.4, -0.2) is 23.7 Å². The van der Waals surface area contributed by atoms with Gasteiger partial charge in [0.1, 0.15) is 11.5 Å². The number of anilines is 1. The summed E-state index contributed by atoms with van der Waals surface area (Å²) in [5.74, 6) is -4.77. The average Bonchev–Trinajstić information content (AvgIpc) is 2.22. The van der Waals surface area contributed by atoms with Crippen LogP contribution in [0.3, 0.4) is 0 Å². The van der Waals surface area contributed by atoms with E-state index in [-0.39, 0.29) is 13.0 Å². The molecule has 0 aliphatic heterocycles. The molecule has 0 heterocycles. The normalized spacial score (nSPS) is 9.94. The van der Waals surface area contributed by atoms with Crippen molar-refractivity contribution in [3.63, 3.8) is 0 Å². The van der Waals surface area contributed by atoms with Gasteiger partial charge >= 0.3 is 12.0 Å². The highest BCUT2D eigenvalue weighted by atomic mass is 19.1. The van der Waals surface area contributed by atoms with Crippen LogP contribution in [0.1, 0.15) is 6.42 Å². The van der Waals surface area contributed by atoms with Gasteiger partial charge in [0.2, 0.25) is 0 Å². The number of rotatable bonds is 4. The van der Waals surface area contributed by atoms with E-state index in [0.29, 0.717) is 12.1 Å². The maximum atomic E-state index is 13.1. The molecule has 0 spiro atoms. The number of carboxylic acids is 1. The number of amides is 2. The largest absolute Gasteiger partial charge is 0.481 e. The average molecular weight is 262 g/mol. The molecular formula is C10H9F3N2O3. The first-order valence-electron chi connectivity index (χ1n) is 4.81. The molecule has 0 saturated heterocycles. The number of carboxylic acid groups (broad SMARTS) is 1. The molecule has 0 unspecified atom stereocenters. The topological polar surface area (TPSA) is 78.4 Å². The van der Waals surface area contributed by atoms with E-state index in [4.69, 9.17) is 5.11 Å². The van der Waals surface area contributed by atoms with Crippen LogP contribution in [-0.2, 0) is 4.79 Å². The van der Waals surface area contributed by atoms with Gasteiger partial charge in [0.05, 0.1) is 6.42 Å². The maximum absolute atomic E-state index is 13.1. The monoisotopic (exact) mass is 262 g/mol. The Labute approximate surface area is 99.6 Å². The summed E-state index contributed by atoms with van der Waals surface area (Å²) in [6.45, 7) is -0.203. The first-order valence-corrected chi connectivity index (χ1v) is 4.81. The molecule has 0 bridgehead atoms. The Kier molecular flexibility index (Phi) is 4.52. The maximum Gasteiger partial charge on any atom is 0.319 e. The van der Waals surface area contributed by atoms with Gasteiger partial charge in [-0.1, -0.05) is 0 Å². The summed E-state index contributed by atoms with van der Waals surface area (Å²) >= 11 is 0. The highest BCUT2D eigenvalue weighted by Gasteiger charge is 2.14. The second-order valence-electron chi connectivity index (χ2n) is 3.27. The summed E-state index contributed by atoms with van der Waals surface area (Å²) in [5, 5.41) is 12.2. The molecule has 18 heavy (non-hydrogen) atoms. The predicted molar refractivity (Wildman–Crippen MR) is 55.6 cm³/mol. The third-order valence-electron chi connectivity index (χ3n) is 1.87. The Morgan fingerprint density at radius 3 is 2.22 bits per heavy atom. The van der Waals surface area contributed by atoms with Crippen molar-refractivity contribution in [3.8, 4) is 0 Å². The molecule has 98 valence electrons. The van der Waals surface area contributed by atoms with Crippen LogP contribution in [0.4, 0.5) is 23.7 Å². The van der Waals surface area contributed by atoms with Gasteiger partial charge in [-0.15, -0.1) is 0 Å². The standard InChI is InChI=1S/C10H9F3N2O3/c11-5-3-6(12)9(7(13)4-5)15-10(18)14-2-1-8(16)17/h3-4H,1-2H2,(H,16,17)(H2,14,15,18). The summed E-state index contributed by atoms with van der Waals surface area (Å²) in [6.07, 6.45) is -0.332. The Balaban J connectivity index is 2.62. The van der Waals surface area contributed by atoms with Crippen LogP contribution in [0.25, 0.3) is 0 Å². The van der Waals surface area contributed by atoms with E-state index in [1.54, 1.807) is 0 Å². The van der Waals surface area contributed by atoms with E-state index in [9.17, 15) is 22.8 Å². The summed E-state index contributed by atoms with van der Waals surface area (Å²) < 4.78 is 38.8. The summed E-state index contributed by atoms with van der Waals surface area (Å²) in [5.41, 5.74) is -0.802. The fourth-order valence-corrected chi connectivity index (χ4v) is 1.10. The van der Waals surface area contributed by atoms with Gasteiger partial charge in [0, 0.05) is 18.7 Å². The Morgan fingerprint density at radius 1 is 1.17 bits per heavy atom. The number of hydrogen-bond acceptors (Lipinski definition) is 2. The molecule has 3 N–H and O–H groups in total. The number of nitrogens with one attached hydrogen (secondary N) is 2. The Hall–Kier alpha value is -2.25. The quantitative estimate of drug-likeness (QED) is 0.772. The van der Waals surface area contributed by atoms with Crippen LogP contribution in [0.5, 0.6) is 0 Å². The van der Waals surface area contributed by atoms with Crippen molar-refractivity contribution in [2.24, 2.45) is 0 Å². The van der Waals surface area contributed by atoms with E-state index >= 15 is 0 Å². The molecule has 5 nitrogen and oxygen atoms in total. The number of carbonyl (C=O) groups is 2. The lowest BCUT2D eigenvalue weighted by molar-refractivity contribution is -0.136. The van der Waals surface area contributed by atoms with Crippen molar-refractivity contribution in [3.05, 3.63) is 29.6 Å². The molecular weight excluding hydrogens is 253 g/mol. The molecule has 1 rings (SSSR count). The number of hydrogen-bond donors (Lipinski definition) is 3. The molecule has 8 heteroatoms. The van der Waals surface area contributed by atoms with Crippen molar-refractivity contribution >= 4 is 17.7 Å². The first-order chi connectivity index (χ1) is 8.40. The molecule has 0 aromatic heterocycles. The number of benzene rings is 1. The van der Waals surface area contributed by atoms with E-state index in [1.807, 2.05) is 5.32 Å². The predicted octanol–water partition coefficient (Wildman–Crippen LogP) is 1.70. The highest BCUT2D eigenvalue weighted by Crippen LogP contribution is 2.19. The fraction of sp³-hybridized carbons (Fsp3) is 0.200. The van der Waals surface area contributed by atoms with Crippen LogP contribution in [0.2, 0.25) is 0 Å². The van der Waals surface area contributed by atoms with E-state index in [1.165, 1.54) is 0 Å². The third-order valence-corrected chi connectivity index (χ3v) is 1.87. The molecule has 1 aromatic rings. The van der Waals surface area contributed by atoms with Gasteiger partial charge in [-0.2, -0.15) is 0 Å². The Bertz CT molecular complexity index is 456. The molecule has 0 aliphatic carbocycles. The number of aliphatic carboxylic acids is 1. The molecule has 0 radical (unpaired) electrons. The van der Waals surface area contributed by atoms with Crippen LogP contribution >= 0.6 is 0 Å². The lowest BCUT2D eigenvalue weighted by Crippen LogP contribution is -2.31. The SMILES string of the molecule is O=C(O)CCNC(=O)Nc1c(F)cc(F)cc1F. The summed E-state index contributed by atoms with van der Waals surface area (Å²) in [7, 11) is 0. The van der Waals surface area contributed by atoms with Crippen molar-refractivity contribution in [1.82, 2.24) is 5.32 Å². The van der Waals surface area contributed by atoms with Crippen LogP contribution in [0, 0.1) is 17.5 Å². The fourth-order valence-electron chi connectivity index (χ4n) is 1.10. The van der Waals surface area contributed by atoms with Gasteiger partial charge in [-0.05, 0) is 0 Å². The van der Waals surface area contributed by atoms with Gasteiger partial charge in [-0.3, -0.25) is 4.79 Å². The summed E-state index contributed by atoms with van der Waals surface area (Å²) in [4.78, 5) is 21.3. The zero-order chi connectivity index (χ0) is 13.7. The zero-order valence-electron chi connectivity index (χ0n) is 8.97. The van der Waals surface area contributed by atoms with Crippen LogP contribution in [0.15, 0.2) is 12.1 Å². The second kappa shape index (κ2) is 5.89. The molecule has 1 aromatic carbocycles. The van der Waals surface area contributed by atoms with Crippen LogP contribution < -0.4 is 10.6 Å². The number of urea groups is 1. The zero-order valence-corrected chi connectivity index (χ0v) is 8.97. The van der Waals surface area contributed by atoms with Gasteiger partial charge in [0.25, 0.3) is 0 Å². The van der Waals surface area contributed by atoms with E-state index in [0.717, 1.165) is 0 Å². The summed E-state index contributed by atoms with van der Waals surface area (Å²) in [6, 6.07) is -0.160. The lowest BCUT2D eigenvalue weighted by atomic mass is 10.3. The van der Waals surface area contributed by atoms with Crippen molar-refractivity contribution in [2.45, 2.75) is 6.42 Å². The number of carbonyl (C=O) groups excluding carboxylic acids is 1. The highest BCUT2D eigenvalue weighted by molar-refractivity contribution is 5.89. The molecule has 0 saturated carbocycles. The molecule has 0 aliphatic rings. The molecule has 0 atom stereocenters. The van der Waals surface area contributed by atoms with Gasteiger partial charge in [0.15, 0.2) is 11.6 Å². The van der Waals surface area contributed by atoms with Crippen molar-refractivity contribution < 1.29 is 27.9 Å². The number of halogens is 3. The van der Waals surface area contributed by atoms with E-state index in [2.05, 4.69) is 5.32 Å². The van der Waals surface area contributed by atoms with Crippen molar-refractivity contribution in [2.75, 3.05) is 11.9 Å². The Morgan fingerprint density at radius 2 is 1.72 bits per heavy atom. The second-order valence-corrected chi connectivity index (χ2v) is 3.27. The third kappa shape index (κ3) is 3.96. The first kappa shape index (κ1) is 13.8. The minimum absolute atomic E-state index is 0.203.